The third-order valence-corrected chi connectivity index (χ3v) is 7.42. The summed E-state index contributed by atoms with van der Waals surface area (Å²) in [6, 6.07) is 26.8. The fourth-order valence-electron chi connectivity index (χ4n) is 4.98. The maximum absolute atomic E-state index is 13.9. The van der Waals surface area contributed by atoms with E-state index in [0.29, 0.717) is 46.1 Å². The van der Waals surface area contributed by atoms with Crippen molar-refractivity contribution in [1.82, 2.24) is 0 Å². The fourth-order valence-corrected chi connectivity index (χ4v) is 5.34. The second-order valence-electron chi connectivity index (χ2n) is 9.27. The number of fused-ring (bicyclic) bond motifs is 2. The van der Waals surface area contributed by atoms with Gasteiger partial charge in [-0.1, -0.05) is 52.3 Å². The van der Waals surface area contributed by atoms with E-state index in [0.717, 1.165) is 10.0 Å². The zero-order valence-electron chi connectivity index (χ0n) is 21.7. The molecule has 6 rings (SSSR count). The average molecular weight is 598 g/mol. The number of nitrogens with zero attached hydrogens (tertiary/aromatic N) is 1. The Morgan fingerprint density at radius 1 is 0.850 bits per heavy atom. The normalized spacial score (nSPS) is 14.3. The lowest BCUT2D eigenvalue weighted by atomic mass is 9.97. The summed E-state index contributed by atoms with van der Waals surface area (Å²) in [6.45, 7) is 0.365. The van der Waals surface area contributed by atoms with E-state index in [1.807, 2.05) is 36.4 Å². The number of benzene rings is 4. The molecule has 0 N–H and O–H groups in total. The van der Waals surface area contributed by atoms with E-state index in [4.69, 9.17) is 18.6 Å². The maximum Gasteiger partial charge on any atom is 0.295 e. The molecule has 200 valence electrons. The first kappa shape index (κ1) is 25.7. The van der Waals surface area contributed by atoms with E-state index >= 15 is 0 Å². The summed E-state index contributed by atoms with van der Waals surface area (Å²) in [5.41, 5.74) is 2.63. The van der Waals surface area contributed by atoms with Crippen LogP contribution in [0.3, 0.4) is 0 Å². The molecular weight excluding hydrogens is 574 g/mol. The molecule has 1 atom stereocenters. The minimum Gasteiger partial charge on any atom is -0.497 e. The highest BCUT2D eigenvalue weighted by Crippen LogP contribution is 2.43. The van der Waals surface area contributed by atoms with E-state index in [1.54, 1.807) is 73.7 Å². The van der Waals surface area contributed by atoms with Crippen molar-refractivity contribution in [2.75, 3.05) is 19.1 Å². The summed E-state index contributed by atoms with van der Waals surface area (Å²) in [7, 11) is 3.14. The molecule has 0 aliphatic carbocycles. The second-order valence-corrected chi connectivity index (χ2v) is 10.2. The number of rotatable bonds is 7. The Bertz CT molecular complexity index is 1780. The summed E-state index contributed by atoms with van der Waals surface area (Å²) >= 11 is 3.44. The van der Waals surface area contributed by atoms with E-state index in [-0.39, 0.29) is 16.8 Å². The van der Waals surface area contributed by atoms with Crippen molar-refractivity contribution in [1.29, 1.82) is 0 Å². The minimum atomic E-state index is -0.757. The molecule has 0 fully saturated rings. The summed E-state index contributed by atoms with van der Waals surface area (Å²) in [5, 5.41) is 0.386. The number of halogens is 1. The average Bonchev–Trinajstić information content (AvgIpc) is 3.29. The van der Waals surface area contributed by atoms with Gasteiger partial charge in [-0.15, -0.1) is 0 Å². The van der Waals surface area contributed by atoms with E-state index in [2.05, 4.69) is 15.9 Å². The van der Waals surface area contributed by atoms with Crippen molar-refractivity contribution in [2.24, 2.45) is 0 Å². The zero-order valence-corrected chi connectivity index (χ0v) is 23.3. The molecule has 7 nitrogen and oxygen atoms in total. The van der Waals surface area contributed by atoms with Gasteiger partial charge in [-0.05, 0) is 65.7 Å². The monoisotopic (exact) mass is 597 g/mol. The van der Waals surface area contributed by atoms with Gasteiger partial charge in [0, 0.05) is 10.2 Å². The molecule has 1 aliphatic rings. The first-order chi connectivity index (χ1) is 19.5. The quantitative estimate of drug-likeness (QED) is 0.203. The molecule has 1 amide bonds. The first-order valence-electron chi connectivity index (χ1n) is 12.6. The van der Waals surface area contributed by atoms with Crippen molar-refractivity contribution >= 4 is 38.5 Å². The van der Waals surface area contributed by atoms with E-state index < -0.39 is 11.9 Å². The Morgan fingerprint density at radius 2 is 1.62 bits per heavy atom. The molecule has 4 aromatic carbocycles. The van der Waals surface area contributed by atoms with Crippen LogP contribution < -0.4 is 24.5 Å². The number of ether oxygens (including phenoxy) is 3. The highest BCUT2D eigenvalue weighted by atomic mass is 79.9. The molecule has 5 aromatic rings. The Hall–Kier alpha value is -4.56. The molecule has 40 heavy (non-hydrogen) atoms. The van der Waals surface area contributed by atoms with Gasteiger partial charge in [-0.3, -0.25) is 14.5 Å². The number of anilines is 1. The van der Waals surface area contributed by atoms with Crippen molar-refractivity contribution in [3.05, 3.63) is 128 Å². The highest BCUT2D eigenvalue weighted by molar-refractivity contribution is 9.10. The van der Waals surface area contributed by atoms with Crippen LogP contribution in [0.4, 0.5) is 5.69 Å². The molecule has 1 aromatic heterocycles. The number of amides is 1. The molecule has 0 bridgehead atoms. The lowest BCUT2D eigenvalue weighted by molar-refractivity contribution is 0.0971. The Kier molecular flexibility index (Phi) is 6.77. The minimum absolute atomic E-state index is 0.0176. The van der Waals surface area contributed by atoms with Crippen LogP contribution in [0.25, 0.3) is 11.0 Å². The number of hydrogen-bond acceptors (Lipinski definition) is 6. The van der Waals surface area contributed by atoms with Crippen LogP contribution in [0.2, 0.25) is 0 Å². The first-order valence-corrected chi connectivity index (χ1v) is 13.4. The summed E-state index contributed by atoms with van der Waals surface area (Å²) in [4.78, 5) is 29.4. The van der Waals surface area contributed by atoms with Gasteiger partial charge < -0.3 is 18.6 Å². The molecule has 0 saturated heterocycles. The van der Waals surface area contributed by atoms with Gasteiger partial charge in [-0.2, -0.15) is 0 Å². The molecule has 0 saturated carbocycles. The molecule has 0 spiro atoms. The van der Waals surface area contributed by atoms with Crippen molar-refractivity contribution in [2.45, 2.75) is 12.6 Å². The number of carbonyl (C=O) groups is 1. The van der Waals surface area contributed by atoms with Crippen molar-refractivity contribution in [3.8, 4) is 17.2 Å². The van der Waals surface area contributed by atoms with Gasteiger partial charge in [0.2, 0.25) is 5.76 Å². The van der Waals surface area contributed by atoms with Gasteiger partial charge in [0.15, 0.2) is 16.9 Å². The molecule has 0 radical (unpaired) electrons. The lowest BCUT2D eigenvalue weighted by Crippen LogP contribution is -2.29. The topological polar surface area (TPSA) is 78.2 Å². The molecule has 1 aliphatic heterocycles. The van der Waals surface area contributed by atoms with Gasteiger partial charge >= 0.3 is 0 Å². The Labute approximate surface area is 238 Å². The SMILES string of the molecule is COc1ccc(N2C(=O)c3oc4ccc(Br)cc4c(=O)c3C2c2ccc(OCc3ccccc3)c(OC)c2)cc1. The summed E-state index contributed by atoms with van der Waals surface area (Å²) in [5.74, 6) is 1.29. The lowest BCUT2D eigenvalue weighted by Gasteiger charge is -2.26. The van der Waals surface area contributed by atoms with Gasteiger partial charge in [-0.25, -0.2) is 0 Å². The van der Waals surface area contributed by atoms with Gasteiger partial charge in [0.1, 0.15) is 17.9 Å². The third kappa shape index (κ3) is 4.50. The van der Waals surface area contributed by atoms with Crippen LogP contribution in [-0.4, -0.2) is 20.1 Å². The summed E-state index contributed by atoms with van der Waals surface area (Å²) < 4.78 is 23.9. The van der Waals surface area contributed by atoms with Crippen molar-refractivity contribution in [3.63, 3.8) is 0 Å². The predicted octanol–water partition coefficient (Wildman–Crippen LogP) is 6.90. The molecular formula is C32H24BrNO6. The zero-order chi connectivity index (χ0) is 27.8. The highest BCUT2D eigenvalue weighted by Gasteiger charge is 2.44. The number of methoxy groups -OCH3 is 2. The van der Waals surface area contributed by atoms with Gasteiger partial charge in [0.05, 0.1) is 31.2 Å². The molecule has 8 heteroatoms. The van der Waals surface area contributed by atoms with Gasteiger partial charge in [0.25, 0.3) is 5.91 Å². The predicted molar refractivity (Wildman–Crippen MR) is 156 cm³/mol. The Morgan fingerprint density at radius 3 is 2.35 bits per heavy atom. The van der Waals surface area contributed by atoms with Crippen LogP contribution >= 0.6 is 15.9 Å². The molecule has 2 heterocycles. The fraction of sp³-hybridized carbons (Fsp3) is 0.125. The number of carbonyl (C=O) groups excluding carboxylic acids is 1. The smallest absolute Gasteiger partial charge is 0.295 e. The molecule has 1 unspecified atom stereocenters. The standard InChI is InChI=1S/C32H24BrNO6/c1-37-23-12-10-22(11-13-23)34-29(28-30(35)24-17-21(33)9-15-25(24)40-31(28)32(34)36)20-8-14-26(27(16-20)38-2)39-18-19-6-4-3-5-7-19/h3-17,29H,18H2,1-2H3. The number of hydrogen-bond donors (Lipinski definition) is 0. The second kappa shape index (κ2) is 10.5. The largest absolute Gasteiger partial charge is 0.497 e. The third-order valence-electron chi connectivity index (χ3n) is 6.92. The maximum atomic E-state index is 13.9. The van der Waals surface area contributed by atoms with Crippen LogP contribution in [0.1, 0.15) is 33.3 Å². The van der Waals surface area contributed by atoms with Crippen molar-refractivity contribution < 1.29 is 23.4 Å². The van der Waals surface area contributed by atoms with Crippen LogP contribution in [0.15, 0.2) is 105 Å². The van der Waals surface area contributed by atoms with Crippen LogP contribution in [0, 0.1) is 0 Å². The van der Waals surface area contributed by atoms with Crippen LogP contribution in [-0.2, 0) is 6.61 Å². The van der Waals surface area contributed by atoms with E-state index in [9.17, 15) is 9.59 Å². The van der Waals surface area contributed by atoms with E-state index in [1.165, 1.54) is 0 Å². The van der Waals surface area contributed by atoms with Crippen LogP contribution in [0.5, 0.6) is 17.2 Å². The Balaban J connectivity index is 1.49. The summed E-state index contributed by atoms with van der Waals surface area (Å²) in [6.07, 6.45) is 0.